The minimum atomic E-state index is 0.863. The van der Waals surface area contributed by atoms with Gasteiger partial charge in [-0.1, -0.05) is 19.1 Å². The molecule has 0 spiro atoms. The van der Waals surface area contributed by atoms with Crippen LogP contribution in [0.1, 0.15) is 43.7 Å². The molecule has 0 aromatic heterocycles. The van der Waals surface area contributed by atoms with Gasteiger partial charge in [0.15, 0.2) is 0 Å². The molecule has 2 nitrogen and oxygen atoms in total. The molecule has 1 saturated carbocycles. The number of hydrogen-bond donors (Lipinski definition) is 0. The molecule has 0 atom stereocenters. The minimum absolute atomic E-state index is 0.863. The van der Waals surface area contributed by atoms with E-state index in [4.69, 9.17) is 0 Å². The zero-order valence-electron chi connectivity index (χ0n) is 13.9. The van der Waals surface area contributed by atoms with Crippen LogP contribution in [-0.4, -0.2) is 37.1 Å². The first-order chi connectivity index (χ1) is 10.1. The number of hydrogen-bond acceptors (Lipinski definition) is 2. The molecule has 1 aliphatic heterocycles. The molecule has 2 heteroatoms. The van der Waals surface area contributed by atoms with Crippen molar-refractivity contribution in [3.8, 4) is 0 Å². The second-order valence-electron chi connectivity index (χ2n) is 7.16. The predicted octanol–water partition coefficient (Wildman–Crippen LogP) is 4.00. The third kappa shape index (κ3) is 3.26. The highest BCUT2D eigenvalue weighted by Crippen LogP contribution is 2.29. The van der Waals surface area contributed by atoms with Crippen LogP contribution >= 0.6 is 0 Å². The van der Waals surface area contributed by atoms with Crippen molar-refractivity contribution in [3.63, 3.8) is 0 Å². The van der Waals surface area contributed by atoms with Crippen molar-refractivity contribution in [1.82, 2.24) is 4.90 Å². The maximum absolute atomic E-state index is 2.76. The van der Waals surface area contributed by atoms with Gasteiger partial charge in [-0.15, -0.1) is 0 Å². The van der Waals surface area contributed by atoms with E-state index in [1.807, 2.05) is 0 Å². The first kappa shape index (κ1) is 14.9. The molecule has 1 aliphatic carbocycles. The van der Waals surface area contributed by atoms with Crippen molar-refractivity contribution < 1.29 is 0 Å². The average Bonchev–Trinajstić information content (AvgIpc) is 2.51. The van der Waals surface area contributed by atoms with Crippen molar-refractivity contribution in [2.75, 3.05) is 31.1 Å². The first-order valence-corrected chi connectivity index (χ1v) is 8.70. The highest BCUT2D eigenvalue weighted by atomic mass is 15.3. The van der Waals surface area contributed by atoms with E-state index in [1.165, 1.54) is 68.7 Å². The molecule has 1 heterocycles. The number of benzene rings is 1. The molecule has 2 aliphatic rings. The lowest BCUT2D eigenvalue weighted by Gasteiger charge is -2.42. The number of aryl methyl sites for hydroxylation is 1. The van der Waals surface area contributed by atoms with Crippen molar-refractivity contribution in [2.24, 2.45) is 5.92 Å². The van der Waals surface area contributed by atoms with E-state index < -0.39 is 0 Å². The third-order valence-corrected chi connectivity index (χ3v) is 5.73. The van der Waals surface area contributed by atoms with Crippen molar-refractivity contribution >= 4 is 5.69 Å². The summed E-state index contributed by atoms with van der Waals surface area (Å²) >= 11 is 0. The Morgan fingerprint density at radius 1 is 0.905 bits per heavy atom. The van der Waals surface area contributed by atoms with Gasteiger partial charge >= 0.3 is 0 Å². The maximum atomic E-state index is 2.76. The summed E-state index contributed by atoms with van der Waals surface area (Å²) in [5, 5.41) is 0. The Kier molecular flexibility index (Phi) is 4.54. The smallest absolute Gasteiger partial charge is 0.0399 e. The van der Waals surface area contributed by atoms with Crippen LogP contribution in [0.4, 0.5) is 5.69 Å². The van der Waals surface area contributed by atoms with Gasteiger partial charge in [0.2, 0.25) is 0 Å². The Balaban J connectivity index is 1.59. The fourth-order valence-corrected chi connectivity index (χ4v) is 4.01. The van der Waals surface area contributed by atoms with Crippen LogP contribution in [0.15, 0.2) is 18.2 Å². The molecule has 1 saturated heterocycles. The summed E-state index contributed by atoms with van der Waals surface area (Å²) in [6.45, 7) is 11.8. The normalized spacial score (nSPS) is 27.9. The van der Waals surface area contributed by atoms with E-state index in [0.717, 1.165) is 12.0 Å². The molecule has 1 aromatic rings. The summed E-state index contributed by atoms with van der Waals surface area (Å²) in [4.78, 5) is 5.35. The molecule has 0 amide bonds. The van der Waals surface area contributed by atoms with Gasteiger partial charge in [0.05, 0.1) is 0 Å². The predicted molar refractivity (Wildman–Crippen MR) is 91.1 cm³/mol. The van der Waals surface area contributed by atoms with Crippen LogP contribution < -0.4 is 4.90 Å². The molecule has 2 fully saturated rings. The van der Waals surface area contributed by atoms with Crippen LogP contribution in [0.2, 0.25) is 0 Å². The van der Waals surface area contributed by atoms with Crippen molar-refractivity contribution in [2.45, 2.75) is 52.5 Å². The van der Waals surface area contributed by atoms with E-state index in [-0.39, 0.29) is 0 Å². The van der Waals surface area contributed by atoms with Crippen LogP contribution in [0, 0.1) is 19.8 Å². The lowest BCUT2D eigenvalue weighted by molar-refractivity contribution is 0.133. The SMILES string of the molecule is Cc1cccc(N2CCN(C3CCC(C)CC3)CC2)c1C. The molecule has 0 unspecified atom stereocenters. The molecular formula is C19H30N2. The van der Waals surface area contributed by atoms with E-state index in [2.05, 4.69) is 48.8 Å². The van der Waals surface area contributed by atoms with Crippen LogP contribution in [0.25, 0.3) is 0 Å². The minimum Gasteiger partial charge on any atom is -0.369 e. The Morgan fingerprint density at radius 2 is 1.57 bits per heavy atom. The van der Waals surface area contributed by atoms with Gasteiger partial charge in [-0.2, -0.15) is 0 Å². The molecule has 1 aromatic carbocycles. The second-order valence-corrected chi connectivity index (χ2v) is 7.16. The van der Waals surface area contributed by atoms with Crippen LogP contribution in [0.3, 0.4) is 0 Å². The van der Waals surface area contributed by atoms with Crippen LogP contribution in [-0.2, 0) is 0 Å². The Hall–Kier alpha value is -1.02. The lowest BCUT2D eigenvalue weighted by Crippen LogP contribution is -2.51. The molecule has 0 radical (unpaired) electrons. The summed E-state index contributed by atoms with van der Waals surface area (Å²) in [5.41, 5.74) is 4.32. The van der Waals surface area contributed by atoms with Gasteiger partial charge < -0.3 is 4.90 Å². The van der Waals surface area contributed by atoms with Gasteiger partial charge in [-0.25, -0.2) is 0 Å². The maximum Gasteiger partial charge on any atom is 0.0399 e. The quantitative estimate of drug-likeness (QED) is 0.810. The fourth-order valence-electron chi connectivity index (χ4n) is 4.01. The molecule has 21 heavy (non-hydrogen) atoms. The Bertz CT molecular complexity index is 466. The summed E-state index contributed by atoms with van der Waals surface area (Å²) < 4.78 is 0. The largest absolute Gasteiger partial charge is 0.369 e. The molecular weight excluding hydrogens is 256 g/mol. The monoisotopic (exact) mass is 286 g/mol. The molecule has 116 valence electrons. The fraction of sp³-hybridized carbons (Fsp3) is 0.684. The van der Waals surface area contributed by atoms with Crippen molar-refractivity contribution in [3.05, 3.63) is 29.3 Å². The van der Waals surface area contributed by atoms with E-state index in [9.17, 15) is 0 Å². The van der Waals surface area contributed by atoms with Crippen LogP contribution in [0.5, 0.6) is 0 Å². The van der Waals surface area contributed by atoms with Crippen molar-refractivity contribution in [1.29, 1.82) is 0 Å². The summed E-state index contributed by atoms with van der Waals surface area (Å²) in [6.07, 6.45) is 5.71. The average molecular weight is 286 g/mol. The van der Waals surface area contributed by atoms with E-state index in [0.29, 0.717) is 0 Å². The molecule has 0 N–H and O–H groups in total. The number of rotatable bonds is 2. The number of nitrogens with zero attached hydrogens (tertiary/aromatic N) is 2. The second kappa shape index (κ2) is 6.39. The Labute approximate surface area is 130 Å². The van der Waals surface area contributed by atoms with Gasteiger partial charge in [0.1, 0.15) is 0 Å². The van der Waals surface area contributed by atoms with Gasteiger partial charge in [-0.3, -0.25) is 4.90 Å². The van der Waals surface area contributed by atoms with Gasteiger partial charge in [-0.05, 0) is 62.6 Å². The highest BCUT2D eigenvalue weighted by molar-refractivity contribution is 5.56. The Morgan fingerprint density at radius 3 is 2.24 bits per heavy atom. The summed E-state index contributed by atoms with van der Waals surface area (Å²) in [7, 11) is 0. The zero-order valence-corrected chi connectivity index (χ0v) is 13.9. The standard InChI is InChI=1S/C19H30N2/c1-15-7-9-18(10-8-15)20-11-13-21(14-12-20)19-6-4-5-16(2)17(19)3/h4-6,15,18H,7-14H2,1-3H3. The van der Waals surface area contributed by atoms with Gasteiger partial charge in [0.25, 0.3) is 0 Å². The molecule has 3 rings (SSSR count). The third-order valence-electron chi connectivity index (χ3n) is 5.73. The van der Waals surface area contributed by atoms with E-state index in [1.54, 1.807) is 0 Å². The van der Waals surface area contributed by atoms with Gasteiger partial charge in [0, 0.05) is 37.9 Å². The highest BCUT2D eigenvalue weighted by Gasteiger charge is 2.27. The summed E-state index contributed by atoms with van der Waals surface area (Å²) in [5.74, 6) is 0.956. The zero-order chi connectivity index (χ0) is 14.8. The number of anilines is 1. The summed E-state index contributed by atoms with van der Waals surface area (Å²) in [6, 6.07) is 7.58. The van der Waals surface area contributed by atoms with E-state index >= 15 is 0 Å². The number of piperazine rings is 1. The topological polar surface area (TPSA) is 6.48 Å². The first-order valence-electron chi connectivity index (χ1n) is 8.70. The molecule has 0 bridgehead atoms. The lowest BCUT2D eigenvalue weighted by atomic mass is 9.86.